The summed E-state index contributed by atoms with van der Waals surface area (Å²) in [6, 6.07) is 13.3. The van der Waals surface area contributed by atoms with E-state index in [1.165, 1.54) is 6.07 Å². The second-order valence-electron chi connectivity index (χ2n) is 8.99. The van der Waals surface area contributed by atoms with Gasteiger partial charge in [-0.25, -0.2) is 0 Å². The highest BCUT2D eigenvalue weighted by molar-refractivity contribution is 6.31. The maximum Gasteiger partial charge on any atom is 0.416 e. The minimum Gasteiger partial charge on any atom is -0.489 e. The van der Waals surface area contributed by atoms with Crippen LogP contribution in [0.1, 0.15) is 11.1 Å². The highest BCUT2D eigenvalue weighted by atomic mass is 35.5. The van der Waals surface area contributed by atoms with Crippen LogP contribution >= 0.6 is 11.6 Å². The van der Waals surface area contributed by atoms with Crippen LogP contribution in [-0.4, -0.2) is 55.9 Å². The highest BCUT2D eigenvalue weighted by Crippen LogP contribution is 2.44. The number of hydrogen-bond donors (Lipinski definition) is 0. The zero-order valence-electron chi connectivity index (χ0n) is 19.8. The van der Waals surface area contributed by atoms with E-state index in [0.29, 0.717) is 44.2 Å². The molecule has 3 aromatic rings. The maximum absolute atomic E-state index is 13.7. The van der Waals surface area contributed by atoms with Crippen molar-refractivity contribution in [2.24, 2.45) is 0 Å². The predicted molar refractivity (Wildman–Crippen MR) is 137 cm³/mol. The monoisotopic (exact) mass is 528 g/mol. The molecule has 6 nitrogen and oxygen atoms in total. The number of aromatic nitrogens is 1. The number of fused-ring (bicyclic) bond motifs is 2. The Balaban J connectivity index is 1.53. The fraction of sp³-hybridized carbons (Fsp3) is 0.296. The van der Waals surface area contributed by atoms with Crippen molar-refractivity contribution in [3.8, 4) is 17.0 Å². The Bertz CT molecular complexity index is 1360. The first-order valence-electron chi connectivity index (χ1n) is 12.1. The third kappa shape index (κ3) is 4.46. The molecular weight excluding hydrogens is 505 g/mol. The lowest BCUT2D eigenvalue weighted by molar-refractivity contribution is -0.137. The summed E-state index contributed by atoms with van der Waals surface area (Å²) >= 11 is 6.19. The lowest BCUT2D eigenvalue weighted by atomic mass is 9.98. The van der Waals surface area contributed by atoms with Crippen LogP contribution in [-0.2, 0) is 10.9 Å². The van der Waals surface area contributed by atoms with Crippen molar-refractivity contribution in [2.45, 2.75) is 6.18 Å². The summed E-state index contributed by atoms with van der Waals surface area (Å²) in [7, 11) is 0. The van der Waals surface area contributed by atoms with Crippen LogP contribution in [0, 0.1) is 0 Å². The summed E-state index contributed by atoms with van der Waals surface area (Å²) in [5.74, 6) is 0.755. The summed E-state index contributed by atoms with van der Waals surface area (Å²) in [6.07, 6.45) is -0.724. The minimum absolute atomic E-state index is 0.00671. The first kappa shape index (κ1) is 23.9. The van der Waals surface area contributed by atoms with Gasteiger partial charge in [0.15, 0.2) is 0 Å². The number of alkyl halides is 3. The third-order valence-corrected chi connectivity index (χ3v) is 6.98. The second kappa shape index (κ2) is 9.46. The fourth-order valence-electron chi connectivity index (χ4n) is 5.13. The van der Waals surface area contributed by atoms with Gasteiger partial charge in [-0.1, -0.05) is 23.7 Å². The number of hydrogen-bond acceptors (Lipinski definition) is 6. The van der Waals surface area contributed by atoms with E-state index >= 15 is 0 Å². The Morgan fingerprint density at radius 3 is 2.54 bits per heavy atom. The Morgan fingerprint density at radius 1 is 0.919 bits per heavy atom. The molecule has 10 heteroatoms. The number of para-hydroxylation sites is 2. The van der Waals surface area contributed by atoms with Gasteiger partial charge in [0.2, 0.25) is 0 Å². The molecular formula is C27H24ClF3N4O2. The summed E-state index contributed by atoms with van der Waals surface area (Å²) < 4.78 is 52.5. The summed E-state index contributed by atoms with van der Waals surface area (Å²) in [5, 5.41) is 4.20. The van der Waals surface area contributed by atoms with Crippen LogP contribution in [0.4, 0.5) is 24.5 Å². The van der Waals surface area contributed by atoms with E-state index in [1.54, 1.807) is 6.20 Å². The van der Waals surface area contributed by atoms with Crippen molar-refractivity contribution < 1.29 is 22.6 Å². The zero-order chi connectivity index (χ0) is 25.6. The Kier molecular flexibility index (Phi) is 6.12. The minimum atomic E-state index is -4.53. The molecule has 37 heavy (non-hydrogen) atoms. The molecule has 1 saturated heterocycles. The molecule has 0 saturated carbocycles. The topological polar surface area (TPSA) is 41.1 Å². The summed E-state index contributed by atoms with van der Waals surface area (Å²) in [4.78, 5) is 6.87. The molecule has 0 spiro atoms. The van der Waals surface area contributed by atoms with E-state index in [-0.39, 0.29) is 5.02 Å². The van der Waals surface area contributed by atoms with Crippen LogP contribution in [0.15, 0.2) is 60.8 Å². The molecule has 0 bridgehead atoms. The smallest absolute Gasteiger partial charge is 0.416 e. The average molecular weight is 529 g/mol. The standard InChI is InChI=1S/C27H24ClF3N4O2/c28-20-16-18(15-19(17-20)27(29,30)31)25-26-21(5-7-32-25)22(33-9-12-36-13-10-33)6-8-35(26)34-11-14-37-24-4-2-1-3-23(24)34/h1-7,15-17H,8-14H2. The molecule has 0 N–H and O–H groups in total. The molecule has 6 rings (SSSR count). The second-order valence-corrected chi connectivity index (χ2v) is 9.43. The van der Waals surface area contributed by atoms with Gasteiger partial charge in [0, 0.05) is 41.1 Å². The van der Waals surface area contributed by atoms with Crippen molar-refractivity contribution >= 4 is 28.7 Å². The van der Waals surface area contributed by atoms with E-state index in [9.17, 15) is 13.2 Å². The van der Waals surface area contributed by atoms with E-state index in [4.69, 9.17) is 21.1 Å². The first-order valence-corrected chi connectivity index (χ1v) is 12.4. The molecule has 1 aromatic heterocycles. The van der Waals surface area contributed by atoms with Gasteiger partial charge in [0.25, 0.3) is 0 Å². The first-order chi connectivity index (χ1) is 17.9. The molecule has 192 valence electrons. The highest BCUT2D eigenvalue weighted by Gasteiger charge is 2.35. The normalized spacial score (nSPS) is 17.6. The average Bonchev–Trinajstić information content (AvgIpc) is 2.91. The quantitative estimate of drug-likeness (QED) is 0.432. The molecule has 1 fully saturated rings. The van der Waals surface area contributed by atoms with E-state index in [1.807, 2.05) is 30.3 Å². The number of morpholine rings is 1. The number of benzene rings is 2. The zero-order valence-corrected chi connectivity index (χ0v) is 20.6. The number of halogens is 4. The lowest BCUT2D eigenvalue weighted by Gasteiger charge is -2.45. The van der Waals surface area contributed by atoms with Crippen molar-refractivity contribution in [2.75, 3.05) is 56.0 Å². The van der Waals surface area contributed by atoms with Crippen molar-refractivity contribution in [1.82, 2.24) is 9.88 Å². The molecule has 0 unspecified atom stereocenters. The number of ether oxygens (including phenoxy) is 2. The largest absolute Gasteiger partial charge is 0.489 e. The Labute approximate surface area is 217 Å². The van der Waals surface area contributed by atoms with Gasteiger partial charge >= 0.3 is 6.18 Å². The summed E-state index contributed by atoms with van der Waals surface area (Å²) in [5.41, 5.74) is 3.49. The number of pyridine rings is 1. The molecule has 2 aromatic carbocycles. The Morgan fingerprint density at radius 2 is 1.73 bits per heavy atom. The molecule has 0 atom stereocenters. The molecule has 0 radical (unpaired) electrons. The number of nitrogens with zero attached hydrogens (tertiary/aromatic N) is 4. The van der Waals surface area contributed by atoms with Crippen molar-refractivity contribution in [1.29, 1.82) is 0 Å². The number of rotatable bonds is 3. The van der Waals surface area contributed by atoms with Gasteiger partial charge in [-0.05, 0) is 42.5 Å². The van der Waals surface area contributed by atoms with E-state index < -0.39 is 11.7 Å². The van der Waals surface area contributed by atoms with E-state index in [2.05, 4.69) is 26.0 Å². The lowest BCUT2D eigenvalue weighted by Crippen LogP contribution is -2.50. The number of anilines is 2. The number of hydrazine groups is 1. The van der Waals surface area contributed by atoms with Crippen molar-refractivity contribution in [3.05, 3.63) is 77.0 Å². The SMILES string of the molecule is FC(F)(F)c1cc(Cl)cc(-c2nccc3c2N(N2CCOc4ccccc42)CC=C3N2CCOCC2)c1. The molecule has 3 aliphatic rings. The van der Waals surface area contributed by atoms with Crippen LogP contribution < -0.4 is 14.8 Å². The molecule has 0 amide bonds. The van der Waals surface area contributed by atoms with Gasteiger partial charge in [-0.3, -0.25) is 15.0 Å². The van der Waals surface area contributed by atoms with E-state index in [0.717, 1.165) is 53.6 Å². The summed E-state index contributed by atoms with van der Waals surface area (Å²) in [6.45, 7) is 4.28. The van der Waals surface area contributed by atoms with Gasteiger partial charge in [-0.15, -0.1) is 0 Å². The fourth-order valence-corrected chi connectivity index (χ4v) is 5.36. The van der Waals surface area contributed by atoms with Gasteiger partial charge in [-0.2, -0.15) is 13.2 Å². The van der Waals surface area contributed by atoms with Gasteiger partial charge in [0.1, 0.15) is 12.4 Å². The third-order valence-electron chi connectivity index (χ3n) is 6.76. The van der Waals surface area contributed by atoms with Gasteiger partial charge in [0.05, 0.1) is 48.9 Å². The molecule has 4 heterocycles. The molecule has 0 aliphatic carbocycles. The van der Waals surface area contributed by atoms with Crippen molar-refractivity contribution in [3.63, 3.8) is 0 Å². The molecule has 3 aliphatic heterocycles. The van der Waals surface area contributed by atoms with Crippen LogP contribution in [0.25, 0.3) is 17.0 Å². The maximum atomic E-state index is 13.7. The van der Waals surface area contributed by atoms with Gasteiger partial charge < -0.3 is 14.4 Å². The van der Waals surface area contributed by atoms with Crippen LogP contribution in [0.2, 0.25) is 5.02 Å². The Hall–Kier alpha value is -3.43. The van der Waals surface area contributed by atoms with Crippen LogP contribution in [0.3, 0.4) is 0 Å². The predicted octanol–water partition coefficient (Wildman–Crippen LogP) is 5.73. The van der Waals surface area contributed by atoms with Crippen LogP contribution in [0.5, 0.6) is 5.75 Å².